The maximum Gasteiger partial charge on any atom is 0.136 e. The SMILES string of the molecule is c1ccc(-c2ccc(N(c3ccc4c(-c5ccccc5)cc5oc6ccccc6c5c4c3)c3ccccc3-c3cccc(-c4ccccc4)c3)cc2)cc1. The van der Waals surface area contributed by atoms with Crippen molar-refractivity contribution in [1.29, 1.82) is 0 Å². The minimum atomic E-state index is 0.886. The number of hydrogen-bond donors (Lipinski definition) is 0. The van der Waals surface area contributed by atoms with Gasteiger partial charge in [-0.3, -0.25) is 0 Å². The van der Waals surface area contributed by atoms with Gasteiger partial charge in [0.05, 0.1) is 5.69 Å². The van der Waals surface area contributed by atoms with Gasteiger partial charge in [-0.05, 0) is 98.2 Å². The molecule has 0 bridgehead atoms. The molecule has 10 aromatic rings. The van der Waals surface area contributed by atoms with Crippen molar-refractivity contribution in [3.63, 3.8) is 0 Å². The van der Waals surface area contributed by atoms with Crippen molar-refractivity contribution >= 4 is 49.8 Å². The van der Waals surface area contributed by atoms with Gasteiger partial charge in [0.1, 0.15) is 11.2 Å². The van der Waals surface area contributed by atoms with Gasteiger partial charge in [0.25, 0.3) is 0 Å². The third kappa shape index (κ3) is 5.62. The highest BCUT2D eigenvalue weighted by molar-refractivity contribution is 6.22. The van der Waals surface area contributed by atoms with Crippen LogP contribution in [0.25, 0.3) is 77.2 Å². The first-order valence-corrected chi connectivity index (χ1v) is 18.4. The van der Waals surface area contributed by atoms with Gasteiger partial charge >= 0.3 is 0 Å². The molecule has 0 N–H and O–H groups in total. The molecule has 0 radical (unpaired) electrons. The quantitative estimate of drug-likeness (QED) is 0.166. The van der Waals surface area contributed by atoms with E-state index >= 15 is 0 Å². The van der Waals surface area contributed by atoms with E-state index in [9.17, 15) is 0 Å². The zero-order chi connectivity index (χ0) is 35.8. The van der Waals surface area contributed by atoms with Crippen LogP contribution in [0.4, 0.5) is 17.1 Å². The van der Waals surface area contributed by atoms with Crippen molar-refractivity contribution in [3.05, 3.63) is 212 Å². The molecule has 0 spiro atoms. The summed E-state index contributed by atoms with van der Waals surface area (Å²) in [4.78, 5) is 2.40. The van der Waals surface area contributed by atoms with Gasteiger partial charge in [-0.2, -0.15) is 0 Å². The van der Waals surface area contributed by atoms with Gasteiger partial charge < -0.3 is 9.32 Å². The van der Waals surface area contributed by atoms with E-state index in [1.165, 1.54) is 27.6 Å². The Hall–Kier alpha value is -7.16. The van der Waals surface area contributed by atoms with Crippen molar-refractivity contribution in [3.8, 4) is 44.5 Å². The monoisotopic (exact) mass is 689 g/mol. The number of furan rings is 1. The van der Waals surface area contributed by atoms with Crippen molar-refractivity contribution in [2.45, 2.75) is 0 Å². The molecule has 0 atom stereocenters. The minimum Gasteiger partial charge on any atom is -0.456 e. The summed E-state index contributed by atoms with van der Waals surface area (Å²) in [5.41, 5.74) is 14.4. The van der Waals surface area contributed by atoms with Crippen LogP contribution in [-0.4, -0.2) is 0 Å². The van der Waals surface area contributed by atoms with E-state index in [0.717, 1.165) is 66.6 Å². The maximum atomic E-state index is 6.56. The maximum absolute atomic E-state index is 6.56. The molecular formula is C52H35NO. The Bertz CT molecular complexity index is 2910. The molecule has 0 aliphatic carbocycles. The van der Waals surface area contributed by atoms with Crippen LogP contribution < -0.4 is 4.90 Å². The van der Waals surface area contributed by atoms with Crippen molar-refractivity contribution < 1.29 is 4.42 Å². The molecule has 0 saturated heterocycles. The third-order valence-electron chi connectivity index (χ3n) is 10.5. The summed E-state index contributed by atoms with van der Waals surface area (Å²) >= 11 is 0. The molecule has 0 aliphatic rings. The molecule has 0 saturated carbocycles. The van der Waals surface area contributed by atoms with Crippen LogP contribution in [-0.2, 0) is 0 Å². The molecule has 1 heterocycles. The average Bonchev–Trinajstić information content (AvgIpc) is 3.64. The molecule has 2 nitrogen and oxygen atoms in total. The lowest BCUT2D eigenvalue weighted by Gasteiger charge is -2.28. The standard InChI is InChI=1S/C52H35NO/c1-4-15-36(16-5-1)38-27-29-42(30-28-38)53(49-25-12-10-23-44(49)41-22-14-21-40(33-41)37-17-6-2-7-18-37)43-31-32-45-47(39-19-8-3-9-20-39)35-51-52(48(45)34-43)46-24-11-13-26-50(46)54-51/h1-35H. The Morgan fingerprint density at radius 2 is 0.870 bits per heavy atom. The molecule has 2 heteroatoms. The Morgan fingerprint density at radius 1 is 0.296 bits per heavy atom. The first kappa shape index (κ1) is 31.6. The topological polar surface area (TPSA) is 16.4 Å². The zero-order valence-corrected chi connectivity index (χ0v) is 29.6. The van der Waals surface area contributed by atoms with E-state index in [0.29, 0.717) is 0 Å². The Labute approximate surface area is 314 Å². The van der Waals surface area contributed by atoms with Gasteiger partial charge in [0, 0.05) is 27.7 Å². The number of rotatable bonds is 7. The average molecular weight is 690 g/mol. The van der Waals surface area contributed by atoms with Gasteiger partial charge in [0.2, 0.25) is 0 Å². The molecule has 0 fully saturated rings. The lowest BCUT2D eigenvalue weighted by Crippen LogP contribution is -2.11. The normalized spacial score (nSPS) is 11.3. The summed E-state index contributed by atoms with van der Waals surface area (Å²) in [7, 11) is 0. The molecule has 1 aromatic heterocycles. The number of anilines is 3. The lowest BCUT2D eigenvalue weighted by molar-refractivity contribution is 0.669. The van der Waals surface area contributed by atoms with Crippen LogP contribution >= 0.6 is 0 Å². The van der Waals surface area contributed by atoms with E-state index in [2.05, 4.69) is 211 Å². The Balaban J connectivity index is 1.22. The first-order valence-electron chi connectivity index (χ1n) is 18.4. The summed E-state index contributed by atoms with van der Waals surface area (Å²) < 4.78 is 6.56. The van der Waals surface area contributed by atoms with E-state index in [1.54, 1.807) is 0 Å². The second-order valence-corrected chi connectivity index (χ2v) is 13.7. The van der Waals surface area contributed by atoms with Crippen LogP contribution in [0.5, 0.6) is 0 Å². The zero-order valence-electron chi connectivity index (χ0n) is 29.6. The second kappa shape index (κ2) is 13.4. The van der Waals surface area contributed by atoms with Gasteiger partial charge in [-0.1, -0.05) is 164 Å². The van der Waals surface area contributed by atoms with Gasteiger partial charge in [-0.15, -0.1) is 0 Å². The van der Waals surface area contributed by atoms with E-state index < -0.39 is 0 Å². The second-order valence-electron chi connectivity index (χ2n) is 13.7. The van der Waals surface area contributed by atoms with Crippen LogP contribution in [0.2, 0.25) is 0 Å². The van der Waals surface area contributed by atoms with E-state index in [-0.39, 0.29) is 0 Å². The van der Waals surface area contributed by atoms with Gasteiger partial charge in [0.15, 0.2) is 0 Å². The molecular weight excluding hydrogens is 655 g/mol. The van der Waals surface area contributed by atoms with E-state index in [1.807, 2.05) is 6.07 Å². The molecule has 254 valence electrons. The molecule has 10 rings (SSSR count). The van der Waals surface area contributed by atoms with E-state index in [4.69, 9.17) is 4.42 Å². The predicted molar refractivity (Wildman–Crippen MR) is 228 cm³/mol. The lowest BCUT2D eigenvalue weighted by atomic mass is 9.94. The number of benzene rings is 9. The summed E-state index contributed by atoms with van der Waals surface area (Å²) in [6, 6.07) is 75.9. The predicted octanol–water partition coefficient (Wildman–Crippen LogP) is 14.9. The van der Waals surface area contributed by atoms with Crippen LogP contribution in [0, 0.1) is 0 Å². The number of para-hydroxylation sites is 2. The largest absolute Gasteiger partial charge is 0.456 e. The Kier molecular flexibility index (Phi) is 7.85. The van der Waals surface area contributed by atoms with Crippen LogP contribution in [0.3, 0.4) is 0 Å². The number of nitrogens with zero attached hydrogens (tertiary/aromatic N) is 1. The fourth-order valence-corrected chi connectivity index (χ4v) is 7.89. The highest BCUT2D eigenvalue weighted by Crippen LogP contribution is 2.46. The van der Waals surface area contributed by atoms with Crippen molar-refractivity contribution in [1.82, 2.24) is 0 Å². The summed E-state index contributed by atoms with van der Waals surface area (Å²) in [5, 5.41) is 4.59. The molecule has 9 aromatic carbocycles. The first-order chi connectivity index (χ1) is 26.8. The Morgan fingerprint density at radius 3 is 1.63 bits per heavy atom. The summed E-state index contributed by atoms with van der Waals surface area (Å²) in [6.45, 7) is 0. The van der Waals surface area contributed by atoms with Crippen molar-refractivity contribution in [2.75, 3.05) is 4.90 Å². The highest BCUT2D eigenvalue weighted by atomic mass is 16.3. The molecule has 0 aliphatic heterocycles. The number of hydrogen-bond acceptors (Lipinski definition) is 2. The fraction of sp³-hybridized carbons (Fsp3) is 0. The fourth-order valence-electron chi connectivity index (χ4n) is 7.89. The van der Waals surface area contributed by atoms with Crippen LogP contribution in [0.1, 0.15) is 0 Å². The summed E-state index contributed by atoms with van der Waals surface area (Å²) in [6.07, 6.45) is 0. The summed E-state index contributed by atoms with van der Waals surface area (Å²) in [5.74, 6) is 0. The van der Waals surface area contributed by atoms with Crippen LogP contribution in [0.15, 0.2) is 217 Å². The smallest absolute Gasteiger partial charge is 0.136 e. The molecule has 0 amide bonds. The number of fused-ring (bicyclic) bond motifs is 5. The third-order valence-corrected chi connectivity index (χ3v) is 10.5. The minimum absolute atomic E-state index is 0.886. The molecule has 0 unspecified atom stereocenters. The van der Waals surface area contributed by atoms with Crippen molar-refractivity contribution in [2.24, 2.45) is 0 Å². The molecule has 54 heavy (non-hydrogen) atoms. The highest BCUT2D eigenvalue weighted by Gasteiger charge is 2.21. The van der Waals surface area contributed by atoms with Gasteiger partial charge in [-0.25, -0.2) is 0 Å².